The number of amides is 1. The summed E-state index contributed by atoms with van der Waals surface area (Å²) >= 11 is 0. The van der Waals surface area contributed by atoms with Gasteiger partial charge in [0.1, 0.15) is 0 Å². The number of ether oxygens (including phenoxy) is 1. The highest BCUT2D eigenvalue weighted by atomic mass is 16.5. The lowest BCUT2D eigenvalue weighted by molar-refractivity contribution is -0.137. The maximum absolute atomic E-state index is 12.6. The molecule has 3 rings (SSSR count). The number of benzene rings is 1. The van der Waals surface area contributed by atoms with Gasteiger partial charge in [0.05, 0.1) is 12.5 Å². The summed E-state index contributed by atoms with van der Waals surface area (Å²) in [5.41, 5.74) is 1.97. The molecule has 0 radical (unpaired) electrons. The van der Waals surface area contributed by atoms with Gasteiger partial charge >= 0.3 is 5.97 Å². The second-order valence-electron chi connectivity index (χ2n) is 6.75. The van der Waals surface area contributed by atoms with Gasteiger partial charge in [-0.25, -0.2) is 0 Å². The summed E-state index contributed by atoms with van der Waals surface area (Å²) in [6, 6.07) is 7.14. The van der Waals surface area contributed by atoms with Crippen LogP contribution in [0, 0.1) is 18.3 Å². The highest BCUT2D eigenvalue weighted by Gasteiger charge is 2.58. The topological polar surface area (TPSA) is 75.6 Å². The van der Waals surface area contributed by atoms with Crippen molar-refractivity contribution in [2.75, 3.05) is 13.2 Å². The lowest BCUT2D eigenvalue weighted by Gasteiger charge is -2.24. The monoisotopic (exact) mass is 317 g/mol. The van der Waals surface area contributed by atoms with Gasteiger partial charge in [0.15, 0.2) is 0 Å². The van der Waals surface area contributed by atoms with Crippen LogP contribution in [0.15, 0.2) is 24.3 Å². The molecule has 1 spiro atoms. The number of aryl methyl sites for hydroxylation is 1. The third kappa shape index (κ3) is 3.39. The average molecular weight is 317 g/mol. The average Bonchev–Trinajstić information content (AvgIpc) is 3.20. The van der Waals surface area contributed by atoms with Gasteiger partial charge in [-0.05, 0) is 42.7 Å². The maximum Gasteiger partial charge on any atom is 0.305 e. The lowest BCUT2D eigenvalue weighted by atomic mass is 9.93. The van der Waals surface area contributed by atoms with E-state index in [4.69, 9.17) is 4.74 Å². The fourth-order valence-electron chi connectivity index (χ4n) is 3.71. The molecule has 124 valence electrons. The molecule has 2 N–H and O–H groups in total. The predicted molar refractivity (Wildman–Crippen MR) is 84.9 cm³/mol. The van der Waals surface area contributed by atoms with Gasteiger partial charge in [0.2, 0.25) is 5.91 Å². The van der Waals surface area contributed by atoms with Crippen molar-refractivity contribution in [2.45, 2.75) is 38.6 Å². The Morgan fingerprint density at radius 3 is 2.70 bits per heavy atom. The highest BCUT2D eigenvalue weighted by molar-refractivity contribution is 5.83. The van der Waals surface area contributed by atoms with Crippen molar-refractivity contribution in [2.24, 2.45) is 11.3 Å². The molecule has 5 nitrogen and oxygen atoms in total. The summed E-state index contributed by atoms with van der Waals surface area (Å²) in [6.45, 7) is 3.38. The minimum atomic E-state index is -0.907. The molecular formula is C18H23NO4. The maximum atomic E-state index is 12.6. The van der Waals surface area contributed by atoms with E-state index in [9.17, 15) is 14.7 Å². The number of carboxylic acid groups (broad SMARTS) is 1. The summed E-state index contributed by atoms with van der Waals surface area (Å²) in [7, 11) is 0. The van der Waals surface area contributed by atoms with E-state index in [0.717, 1.165) is 43.6 Å². The van der Waals surface area contributed by atoms with E-state index in [1.165, 1.54) is 0 Å². The number of aliphatic carboxylic acids is 1. The third-order valence-electron chi connectivity index (χ3n) is 5.25. The SMILES string of the molecule is Cc1ccccc1[C@H](CC(=O)O)NC(=O)[C@@H]1CC12CCOCC2. The van der Waals surface area contributed by atoms with E-state index >= 15 is 0 Å². The summed E-state index contributed by atoms with van der Waals surface area (Å²) in [4.78, 5) is 23.8. The summed E-state index contributed by atoms with van der Waals surface area (Å²) in [5.74, 6) is -0.914. The van der Waals surface area contributed by atoms with Crippen LogP contribution in [0.2, 0.25) is 0 Å². The van der Waals surface area contributed by atoms with Gasteiger partial charge in [-0.1, -0.05) is 24.3 Å². The van der Waals surface area contributed by atoms with Crippen molar-refractivity contribution in [1.29, 1.82) is 0 Å². The van der Waals surface area contributed by atoms with Crippen molar-refractivity contribution >= 4 is 11.9 Å². The van der Waals surface area contributed by atoms with E-state index in [2.05, 4.69) is 5.32 Å². The molecule has 1 aliphatic carbocycles. The van der Waals surface area contributed by atoms with Gasteiger partial charge in [-0.15, -0.1) is 0 Å². The molecule has 2 aliphatic rings. The summed E-state index contributed by atoms with van der Waals surface area (Å²) < 4.78 is 5.38. The number of carbonyl (C=O) groups is 2. The first kappa shape index (κ1) is 16.0. The van der Waals surface area contributed by atoms with Gasteiger partial charge in [0.25, 0.3) is 0 Å². The number of carbonyl (C=O) groups excluding carboxylic acids is 1. The smallest absolute Gasteiger partial charge is 0.305 e. The fraction of sp³-hybridized carbons (Fsp3) is 0.556. The molecule has 0 unspecified atom stereocenters. The van der Waals surface area contributed by atoms with E-state index < -0.39 is 12.0 Å². The Kier molecular flexibility index (Phi) is 4.39. The minimum absolute atomic E-state index is 0.00622. The zero-order valence-electron chi connectivity index (χ0n) is 13.4. The summed E-state index contributed by atoms with van der Waals surface area (Å²) in [6.07, 6.45) is 2.66. The number of rotatable bonds is 5. The van der Waals surface area contributed by atoms with Crippen molar-refractivity contribution in [3.8, 4) is 0 Å². The van der Waals surface area contributed by atoms with Gasteiger partial charge in [-0.3, -0.25) is 9.59 Å². The Morgan fingerprint density at radius 2 is 2.04 bits per heavy atom. The second-order valence-corrected chi connectivity index (χ2v) is 6.75. The molecule has 1 saturated carbocycles. The van der Waals surface area contributed by atoms with E-state index in [1.54, 1.807) is 0 Å². The largest absolute Gasteiger partial charge is 0.481 e. The van der Waals surface area contributed by atoms with Gasteiger partial charge < -0.3 is 15.2 Å². The van der Waals surface area contributed by atoms with Crippen LogP contribution in [0.3, 0.4) is 0 Å². The van der Waals surface area contributed by atoms with Crippen molar-refractivity contribution in [1.82, 2.24) is 5.32 Å². The van der Waals surface area contributed by atoms with E-state index in [-0.39, 0.29) is 23.7 Å². The van der Waals surface area contributed by atoms with Crippen molar-refractivity contribution < 1.29 is 19.4 Å². The van der Waals surface area contributed by atoms with E-state index in [0.29, 0.717) is 0 Å². The third-order valence-corrected chi connectivity index (χ3v) is 5.25. The standard InChI is InChI=1S/C18H23NO4/c1-12-4-2-3-5-13(12)15(10-16(20)21)19-17(22)14-11-18(14)6-8-23-9-7-18/h2-5,14-15H,6-11H2,1H3,(H,19,22)(H,20,21)/t14-,15-/m0/s1. The molecule has 0 bridgehead atoms. The van der Waals surface area contributed by atoms with Crippen LogP contribution in [0.5, 0.6) is 0 Å². The number of nitrogens with one attached hydrogen (secondary N) is 1. The molecule has 1 aromatic rings. The molecule has 0 aromatic heterocycles. The Bertz CT molecular complexity index is 607. The lowest BCUT2D eigenvalue weighted by Crippen LogP contribution is -2.34. The number of carboxylic acids is 1. The second kappa shape index (κ2) is 6.32. The molecule has 2 fully saturated rings. The molecule has 2 atom stereocenters. The number of hydrogen-bond donors (Lipinski definition) is 2. The molecule has 1 heterocycles. The molecular weight excluding hydrogens is 294 g/mol. The van der Waals surface area contributed by atoms with Crippen molar-refractivity contribution in [3.63, 3.8) is 0 Å². The van der Waals surface area contributed by atoms with Crippen LogP contribution in [0.1, 0.15) is 42.9 Å². The minimum Gasteiger partial charge on any atom is -0.481 e. The molecule has 1 amide bonds. The Hall–Kier alpha value is -1.88. The Balaban J connectivity index is 1.71. The molecule has 5 heteroatoms. The number of hydrogen-bond acceptors (Lipinski definition) is 3. The first-order chi connectivity index (χ1) is 11.0. The molecule has 23 heavy (non-hydrogen) atoms. The van der Waals surface area contributed by atoms with Crippen LogP contribution in [0.25, 0.3) is 0 Å². The zero-order chi connectivity index (χ0) is 16.4. The predicted octanol–water partition coefficient (Wildman–Crippen LogP) is 2.44. The van der Waals surface area contributed by atoms with Gasteiger partial charge in [0, 0.05) is 19.1 Å². The van der Waals surface area contributed by atoms with Crippen molar-refractivity contribution in [3.05, 3.63) is 35.4 Å². The molecule has 1 saturated heterocycles. The Labute approximate surface area is 136 Å². The van der Waals surface area contributed by atoms with Crippen LogP contribution in [-0.4, -0.2) is 30.2 Å². The Morgan fingerprint density at radius 1 is 1.35 bits per heavy atom. The molecule has 1 aromatic carbocycles. The first-order valence-corrected chi connectivity index (χ1v) is 8.17. The summed E-state index contributed by atoms with van der Waals surface area (Å²) in [5, 5.41) is 12.2. The van der Waals surface area contributed by atoms with Crippen LogP contribution in [-0.2, 0) is 14.3 Å². The van der Waals surface area contributed by atoms with Gasteiger partial charge in [-0.2, -0.15) is 0 Å². The fourth-order valence-corrected chi connectivity index (χ4v) is 3.71. The zero-order valence-corrected chi connectivity index (χ0v) is 13.4. The first-order valence-electron chi connectivity index (χ1n) is 8.17. The highest BCUT2D eigenvalue weighted by Crippen LogP contribution is 2.59. The molecule has 1 aliphatic heterocycles. The quantitative estimate of drug-likeness (QED) is 0.874. The van der Waals surface area contributed by atoms with E-state index in [1.807, 2.05) is 31.2 Å². The van der Waals surface area contributed by atoms with Crippen LogP contribution >= 0.6 is 0 Å². The normalized spacial score (nSPS) is 23.3. The van der Waals surface area contributed by atoms with Crippen LogP contribution < -0.4 is 5.32 Å². The van der Waals surface area contributed by atoms with Crippen LogP contribution in [0.4, 0.5) is 0 Å².